The van der Waals surface area contributed by atoms with Crippen LogP contribution in [0.2, 0.25) is 0 Å². The summed E-state index contributed by atoms with van der Waals surface area (Å²) in [6.45, 7) is 1.83. The first kappa shape index (κ1) is 24.4. The Morgan fingerprint density at radius 3 is 2.57 bits per heavy atom. The molecular weight excluding hydrogens is 472 g/mol. The van der Waals surface area contributed by atoms with Crippen LogP contribution < -0.4 is 10.3 Å². The van der Waals surface area contributed by atoms with Crippen LogP contribution in [0.4, 0.5) is 8.78 Å². The fourth-order valence-electron chi connectivity index (χ4n) is 3.56. The number of para-hydroxylation sites is 1. The van der Waals surface area contributed by atoms with Crippen molar-refractivity contribution in [3.63, 3.8) is 0 Å². The predicted octanol–water partition coefficient (Wildman–Crippen LogP) is 4.73. The molecule has 0 aliphatic heterocycles. The Hall–Kier alpha value is -3.72. The molecule has 9 heteroatoms. The molecular formula is C26H23F2N3O3S. The van der Waals surface area contributed by atoms with Gasteiger partial charge in [0.15, 0.2) is 16.7 Å². The van der Waals surface area contributed by atoms with Gasteiger partial charge in [0, 0.05) is 13.6 Å². The summed E-state index contributed by atoms with van der Waals surface area (Å²) in [5.41, 5.74) is 1.53. The van der Waals surface area contributed by atoms with Crippen LogP contribution in [0.15, 0.2) is 70.6 Å². The average molecular weight is 496 g/mol. The Morgan fingerprint density at radius 1 is 1.09 bits per heavy atom. The standard InChI is InChI=1S/C26H23F2N3O3S/c1-16-8-10-18(13-20(16)27)31-25(33)19-6-4-5-7-22(19)29-26(31)35-15-24(32)30(2)14-17-9-11-23(34-3)21(28)12-17/h4-13H,14-15H2,1-3H3. The number of benzene rings is 3. The maximum Gasteiger partial charge on any atom is 0.266 e. The Kier molecular flexibility index (Phi) is 7.16. The van der Waals surface area contributed by atoms with Gasteiger partial charge in [-0.2, -0.15) is 0 Å². The summed E-state index contributed by atoms with van der Waals surface area (Å²) in [4.78, 5) is 32.2. The van der Waals surface area contributed by atoms with Crippen LogP contribution in [0.25, 0.3) is 16.6 Å². The summed E-state index contributed by atoms with van der Waals surface area (Å²) in [5, 5.41) is 0.664. The summed E-state index contributed by atoms with van der Waals surface area (Å²) in [6.07, 6.45) is 0. The highest BCUT2D eigenvalue weighted by molar-refractivity contribution is 7.99. The molecule has 0 aliphatic carbocycles. The van der Waals surface area contributed by atoms with Crippen LogP contribution in [0.5, 0.6) is 5.75 Å². The summed E-state index contributed by atoms with van der Waals surface area (Å²) in [7, 11) is 3.00. The van der Waals surface area contributed by atoms with E-state index in [-0.39, 0.29) is 34.7 Å². The molecule has 0 unspecified atom stereocenters. The van der Waals surface area contributed by atoms with E-state index in [2.05, 4.69) is 4.98 Å². The molecule has 180 valence electrons. The van der Waals surface area contributed by atoms with Gasteiger partial charge in [0.25, 0.3) is 5.56 Å². The molecule has 35 heavy (non-hydrogen) atoms. The lowest BCUT2D eigenvalue weighted by molar-refractivity contribution is -0.127. The normalized spacial score (nSPS) is 11.0. The van der Waals surface area contributed by atoms with Gasteiger partial charge in [-0.05, 0) is 54.4 Å². The molecule has 0 saturated carbocycles. The molecule has 0 saturated heterocycles. The van der Waals surface area contributed by atoms with Crippen molar-refractivity contribution in [2.75, 3.05) is 19.9 Å². The minimum absolute atomic E-state index is 0.0196. The van der Waals surface area contributed by atoms with Crippen LogP contribution in [0.3, 0.4) is 0 Å². The van der Waals surface area contributed by atoms with Gasteiger partial charge in [0.05, 0.1) is 29.5 Å². The van der Waals surface area contributed by atoms with Gasteiger partial charge < -0.3 is 9.64 Å². The highest BCUT2D eigenvalue weighted by Crippen LogP contribution is 2.23. The van der Waals surface area contributed by atoms with Crippen molar-refractivity contribution in [2.24, 2.45) is 0 Å². The molecule has 0 aliphatic rings. The molecule has 6 nitrogen and oxygen atoms in total. The van der Waals surface area contributed by atoms with Crippen molar-refractivity contribution in [3.05, 3.63) is 93.8 Å². The van der Waals surface area contributed by atoms with Crippen LogP contribution in [-0.2, 0) is 11.3 Å². The smallest absolute Gasteiger partial charge is 0.266 e. The van der Waals surface area contributed by atoms with Crippen molar-refractivity contribution >= 4 is 28.6 Å². The third kappa shape index (κ3) is 5.19. The van der Waals surface area contributed by atoms with E-state index in [0.29, 0.717) is 27.7 Å². The molecule has 4 rings (SSSR count). The zero-order valence-electron chi connectivity index (χ0n) is 19.4. The van der Waals surface area contributed by atoms with E-state index in [1.54, 1.807) is 56.4 Å². The molecule has 0 fully saturated rings. The van der Waals surface area contributed by atoms with Crippen LogP contribution >= 0.6 is 11.8 Å². The number of aromatic nitrogens is 2. The van der Waals surface area contributed by atoms with Gasteiger partial charge >= 0.3 is 0 Å². The zero-order chi connectivity index (χ0) is 25.1. The largest absolute Gasteiger partial charge is 0.494 e. The Bertz CT molecular complexity index is 1470. The molecule has 1 aromatic heterocycles. The van der Waals surface area contributed by atoms with E-state index in [4.69, 9.17) is 4.74 Å². The Balaban J connectivity index is 1.60. The van der Waals surface area contributed by atoms with Crippen LogP contribution in [-0.4, -0.2) is 40.3 Å². The molecule has 0 N–H and O–H groups in total. The van der Waals surface area contributed by atoms with E-state index >= 15 is 0 Å². The van der Waals surface area contributed by atoms with Gasteiger partial charge in [-0.3, -0.25) is 14.2 Å². The molecule has 4 aromatic rings. The number of carbonyl (C=O) groups excluding carboxylic acids is 1. The monoisotopic (exact) mass is 495 g/mol. The second-order valence-corrected chi connectivity index (χ2v) is 8.94. The summed E-state index contributed by atoms with van der Waals surface area (Å²) in [6, 6.07) is 15.9. The first-order valence-electron chi connectivity index (χ1n) is 10.8. The van der Waals surface area contributed by atoms with Crippen molar-refractivity contribution in [2.45, 2.75) is 18.6 Å². The minimum atomic E-state index is -0.505. The van der Waals surface area contributed by atoms with Crippen molar-refractivity contribution in [1.82, 2.24) is 14.5 Å². The Morgan fingerprint density at radius 2 is 1.86 bits per heavy atom. The number of hydrogen-bond donors (Lipinski definition) is 0. The zero-order valence-corrected chi connectivity index (χ0v) is 20.2. The lowest BCUT2D eigenvalue weighted by Crippen LogP contribution is -2.28. The van der Waals surface area contributed by atoms with Crippen LogP contribution in [0, 0.1) is 18.6 Å². The lowest BCUT2D eigenvalue weighted by Gasteiger charge is -2.18. The third-order valence-corrected chi connectivity index (χ3v) is 6.47. The fraction of sp³-hybridized carbons (Fsp3) is 0.192. The van der Waals surface area contributed by atoms with Gasteiger partial charge in [0.2, 0.25) is 5.91 Å². The SMILES string of the molecule is COc1ccc(CN(C)C(=O)CSc2nc3ccccc3c(=O)n2-c2ccc(C)c(F)c2)cc1F. The first-order chi connectivity index (χ1) is 16.8. The topological polar surface area (TPSA) is 64.4 Å². The molecule has 0 radical (unpaired) electrons. The maximum absolute atomic E-state index is 14.3. The average Bonchev–Trinajstić information content (AvgIpc) is 2.84. The van der Waals surface area contributed by atoms with E-state index < -0.39 is 11.6 Å². The fourth-order valence-corrected chi connectivity index (χ4v) is 4.52. The molecule has 0 bridgehead atoms. The molecule has 0 atom stereocenters. The number of fused-ring (bicyclic) bond motifs is 1. The van der Waals surface area contributed by atoms with Gasteiger partial charge in [-0.15, -0.1) is 0 Å². The number of rotatable bonds is 7. The highest BCUT2D eigenvalue weighted by Gasteiger charge is 2.17. The van der Waals surface area contributed by atoms with Crippen molar-refractivity contribution in [1.29, 1.82) is 0 Å². The minimum Gasteiger partial charge on any atom is -0.494 e. The molecule has 1 amide bonds. The Labute approximate surface area is 205 Å². The number of ether oxygens (including phenoxy) is 1. The number of methoxy groups -OCH3 is 1. The molecule has 1 heterocycles. The van der Waals surface area contributed by atoms with E-state index in [0.717, 1.165) is 11.8 Å². The van der Waals surface area contributed by atoms with E-state index in [1.165, 1.54) is 34.8 Å². The summed E-state index contributed by atoms with van der Waals surface area (Å²) < 4.78 is 34.5. The summed E-state index contributed by atoms with van der Waals surface area (Å²) >= 11 is 1.08. The summed E-state index contributed by atoms with van der Waals surface area (Å²) in [5.74, 6) is -1.08. The second-order valence-electron chi connectivity index (χ2n) is 7.99. The number of nitrogens with zero attached hydrogens (tertiary/aromatic N) is 3. The number of aryl methyl sites for hydroxylation is 1. The lowest BCUT2D eigenvalue weighted by atomic mass is 10.2. The number of amides is 1. The molecule has 3 aromatic carbocycles. The number of hydrogen-bond acceptors (Lipinski definition) is 5. The van der Waals surface area contributed by atoms with E-state index in [1.807, 2.05) is 0 Å². The maximum atomic E-state index is 14.3. The number of thioether (sulfide) groups is 1. The van der Waals surface area contributed by atoms with Crippen LogP contribution in [0.1, 0.15) is 11.1 Å². The number of carbonyl (C=O) groups is 1. The third-order valence-electron chi connectivity index (χ3n) is 5.54. The number of halogens is 2. The van der Waals surface area contributed by atoms with E-state index in [9.17, 15) is 18.4 Å². The quantitative estimate of drug-likeness (QED) is 0.274. The molecule has 0 spiro atoms. The van der Waals surface area contributed by atoms with Crippen molar-refractivity contribution in [3.8, 4) is 11.4 Å². The first-order valence-corrected chi connectivity index (χ1v) is 11.7. The van der Waals surface area contributed by atoms with Gasteiger partial charge in [-0.1, -0.05) is 36.0 Å². The van der Waals surface area contributed by atoms with Crippen molar-refractivity contribution < 1.29 is 18.3 Å². The second kappa shape index (κ2) is 10.3. The van der Waals surface area contributed by atoms with Gasteiger partial charge in [0.1, 0.15) is 5.82 Å². The van der Waals surface area contributed by atoms with Gasteiger partial charge in [-0.25, -0.2) is 13.8 Å². The highest BCUT2D eigenvalue weighted by atomic mass is 32.2. The predicted molar refractivity (Wildman–Crippen MR) is 132 cm³/mol.